The van der Waals surface area contributed by atoms with Gasteiger partial charge < -0.3 is 15.5 Å². The highest BCUT2D eigenvalue weighted by Gasteiger charge is 2.37. The van der Waals surface area contributed by atoms with Crippen molar-refractivity contribution in [3.05, 3.63) is 30.0 Å². The maximum atomic E-state index is 6.13. The number of aryl methyl sites for hydroxylation is 1. The number of benzene rings is 1. The second-order valence-corrected chi connectivity index (χ2v) is 5.09. The van der Waals surface area contributed by atoms with Crippen LogP contribution >= 0.6 is 0 Å². The van der Waals surface area contributed by atoms with Crippen molar-refractivity contribution in [3.8, 4) is 5.75 Å². The second-order valence-electron chi connectivity index (χ2n) is 5.09. The average Bonchev–Trinajstić information content (AvgIpc) is 2.91. The van der Waals surface area contributed by atoms with E-state index < -0.39 is 0 Å². The molecule has 0 amide bonds. The molecular formula is C14H18N2O. The molecule has 3 nitrogen and oxygen atoms in total. The van der Waals surface area contributed by atoms with Crippen molar-refractivity contribution >= 4 is 10.9 Å². The molecule has 1 fully saturated rings. The number of fused-ring (bicyclic) bond motifs is 1. The summed E-state index contributed by atoms with van der Waals surface area (Å²) in [5.41, 5.74) is 8.66. The highest BCUT2D eigenvalue weighted by atomic mass is 16.5. The van der Waals surface area contributed by atoms with Crippen molar-refractivity contribution < 1.29 is 4.74 Å². The number of rotatable bonds is 4. The van der Waals surface area contributed by atoms with Gasteiger partial charge in [-0.2, -0.15) is 0 Å². The SMILES string of the molecule is COc1cc2cc[nH]c2cc1CCC1(N)CC1. The normalized spacial score (nSPS) is 17.3. The standard InChI is InChI=1S/C14H18N2O/c1-17-13-9-10-3-7-16-12(10)8-11(13)2-4-14(15)5-6-14/h3,7-9,16H,2,4-6,15H2,1H3. The average molecular weight is 230 g/mol. The Morgan fingerprint density at radius 3 is 2.94 bits per heavy atom. The third kappa shape index (κ3) is 2.03. The number of hydrogen-bond donors (Lipinski definition) is 2. The summed E-state index contributed by atoms with van der Waals surface area (Å²) >= 11 is 0. The largest absolute Gasteiger partial charge is 0.496 e. The molecule has 1 aliphatic carbocycles. The van der Waals surface area contributed by atoms with Gasteiger partial charge >= 0.3 is 0 Å². The van der Waals surface area contributed by atoms with Crippen LogP contribution in [-0.4, -0.2) is 17.6 Å². The number of H-pyrrole nitrogens is 1. The van der Waals surface area contributed by atoms with E-state index in [4.69, 9.17) is 10.5 Å². The zero-order chi connectivity index (χ0) is 11.9. The lowest BCUT2D eigenvalue weighted by Crippen LogP contribution is -2.22. The molecule has 90 valence electrons. The third-order valence-electron chi connectivity index (χ3n) is 3.74. The van der Waals surface area contributed by atoms with Gasteiger partial charge in [0.25, 0.3) is 0 Å². The van der Waals surface area contributed by atoms with Crippen LogP contribution < -0.4 is 10.5 Å². The van der Waals surface area contributed by atoms with E-state index in [2.05, 4.69) is 23.2 Å². The molecule has 0 spiro atoms. The Balaban J connectivity index is 1.89. The van der Waals surface area contributed by atoms with Crippen molar-refractivity contribution in [2.45, 2.75) is 31.2 Å². The van der Waals surface area contributed by atoms with Gasteiger partial charge in [0.2, 0.25) is 0 Å². The van der Waals surface area contributed by atoms with Crippen molar-refractivity contribution in [1.82, 2.24) is 4.98 Å². The Kier molecular flexibility index (Phi) is 2.37. The predicted octanol–water partition coefficient (Wildman–Crippen LogP) is 2.60. The number of nitrogens with one attached hydrogen (secondary N) is 1. The minimum Gasteiger partial charge on any atom is -0.496 e. The zero-order valence-corrected chi connectivity index (χ0v) is 10.1. The highest BCUT2D eigenvalue weighted by molar-refractivity contribution is 5.82. The van der Waals surface area contributed by atoms with E-state index in [-0.39, 0.29) is 5.54 Å². The highest BCUT2D eigenvalue weighted by Crippen LogP contribution is 2.38. The van der Waals surface area contributed by atoms with E-state index >= 15 is 0 Å². The van der Waals surface area contributed by atoms with Crippen molar-refractivity contribution in [2.75, 3.05) is 7.11 Å². The molecule has 17 heavy (non-hydrogen) atoms. The van der Waals surface area contributed by atoms with E-state index in [9.17, 15) is 0 Å². The molecule has 3 rings (SSSR count). The molecule has 1 saturated carbocycles. The van der Waals surface area contributed by atoms with Crippen LogP contribution in [0.3, 0.4) is 0 Å². The van der Waals surface area contributed by atoms with Crippen LogP contribution in [0.5, 0.6) is 5.75 Å². The topological polar surface area (TPSA) is 51.0 Å². The van der Waals surface area contributed by atoms with E-state index in [1.54, 1.807) is 7.11 Å². The molecule has 0 saturated heterocycles. The first-order chi connectivity index (χ1) is 8.20. The van der Waals surface area contributed by atoms with Gasteiger partial charge in [-0.15, -0.1) is 0 Å². The first-order valence-electron chi connectivity index (χ1n) is 6.13. The number of methoxy groups -OCH3 is 1. The minimum atomic E-state index is 0.107. The van der Waals surface area contributed by atoms with Gasteiger partial charge in [0.15, 0.2) is 0 Å². The fourth-order valence-electron chi connectivity index (χ4n) is 2.30. The summed E-state index contributed by atoms with van der Waals surface area (Å²) in [6.45, 7) is 0. The van der Waals surface area contributed by atoms with E-state index in [1.807, 2.05) is 6.20 Å². The number of aromatic nitrogens is 1. The molecule has 0 bridgehead atoms. The van der Waals surface area contributed by atoms with Gasteiger partial charge in [-0.1, -0.05) is 0 Å². The first-order valence-corrected chi connectivity index (χ1v) is 6.13. The summed E-state index contributed by atoms with van der Waals surface area (Å²) in [5.74, 6) is 0.973. The van der Waals surface area contributed by atoms with Gasteiger partial charge in [0.05, 0.1) is 7.11 Å². The molecule has 0 aliphatic heterocycles. The van der Waals surface area contributed by atoms with Crippen molar-refractivity contribution in [1.29, 1.82) is 0 Å². The Morgan fingerprint density at radius 2 is 2.24 bits per heavy atom. The molecule has 0 atom stereocenters. The maximum absolute atomic E-state index is 6.13. The van der Waals surface area contributed by atoms with Gasteiger partial charge in [-0.3, -0.25) is 0 Å². The van der Waals surface area contributed by atoms with Gasteiger partial charge in [0, 0.05) is 22.6 Å². The van der Waals surface area contributed by atoms with E-state index in [0.717, 1.165) is 18.6 Å². The molecule has 2 aromatic rings. The van der Waals surface area contributed by atoms with Crippen LogP contribution in [0.2, 0.25) is 0 Å². The van der Waals surface area contributed by atoms with Crippen LogP contribution in [0, 0.1) is 0 Å². The molecule has 1 heterocycles. The Labute approximate surface area is 101 Å². The van der Waals surface area contributed by atoms with Crippen LogP contribution in [0.4, 0.5) is 0 Å². The summed E-state index contributed by atoms with van der Waals surface area (Å²) < 4.78 is 5.45. The van der Waals surface area contributed by atoms with Crippen molar-refractivity contribution in [3.63, 3.8) is 0 Å². The Hall–Kier alpha value is -1.48. The van der Waals surface area contributed by atoms with Crippen LogP contribution in [0.15, 0.2) is 24.4 Å². The van der Waals surface area contributed by atoms with Crippen LogP contribution in [-0.2, 0) is 6.42 Å². The lowest BCUT2D eigenvalue weighted by Gasteiger charge is -2.12. The number of ether oxygens (including phenoxy) is 1. The van der Waals surface area contributed by atoms with Crippen LogP contribution in [0.1, 0.15) is 24.8 Å². The minimum absolute atomic E-state index is 0.107. The molecular weight excluding hydrogens is 212 g/mol. The fraction of sp³-hybridized carbons (Fsp3) is 0.429. The monoisotopic (exact) mass is 230 g/mol. The Bertz CT molecular complexity index is 540. The lowest BCUT2D eigenvalue weighted by atomic mass is 10.0. The number of nitrogens with two attached hydrogens (primary N) is 1. The molecule has 1 aliphatic rings. The lowest BCUT2D eigenvalue weighted by molar-refractivity contribution is 0.408. The van der Waals surface area contributed by atoms with Gasteiger partial charge in [-0.25, -0.2) is 0 Å². The molecule has 1 aromatic heterocycles. The van der Waals surface area contributed by atoms with Gasteiger partial charge in [0.1, 0.15) is 5.75 Å². The number of hydrogen-bond acceptors (Lipinski definition) is 2. The summed E-state index contributed by atoms with van der Waals surface area (Å²) in [4.78, 5) is 3.24. The summed E-state index contributed by atoms with van der Waals surface area (Å²) in [6.07, 6.45) is 6.34. The maximum Gasteiger partial charge on any atom is 0.122 e. The van der Waals surface area contributed by atoms with Crippen LogP contribution in [0.25, 0.3) is 10.9 Å². The first kappa shape index (κ1) is 10.7. The summed E-state index contributed by atoms with van der Waals surface area (Å²) in [5, 5.41) is 1.19. The van der Waals surface area contributed by atoms with Crippen molar-refractivity contribution in [2.24, 2.45) is 5.73 Å². The number of aromatic amines is 1. The summed E-state index contributed by atoms with van der Waals surface area (Å²) in [7, 11) is 1.73. The summed E-state index contributed by atoms with van der Waals surface area (Å²) in [6, 6.07) is 6.34. The fourth-order valence-corrected chi connectivity index (χ4v) is 2.30. The molecule has 3 heteroatoms. The molecule has 1 aromatic carbocycles. The predicted molar refractivity (Wildman–Crippen MR) is 69.3 cm³/mol. The zero-order valence-electron chi connectivity index (χ0n) is 10.1. The molecule has 0 unspecified atom stereocenters. The smallest absolute Gasteiger partial charge is 0.122 e. The molecule has 3 N–H and O–H groups in total. The van der Waals surface area contributed by atoms with Gasteiger partial charge in [-0.05, 0) is 49.4 Å². The second kappa shape index (κ2) is 3.77. The third-order valence-corrected chi connectivity index (χ3v) is 3.74. The quantitative estimate of drug-likeness (QED) is 0.848. The Morgan fingerprint density at radius 1 is 1.41 bits per heavy atom. The van der Waals surface area contributed by atoms with E-state index in [1.165, 1.54) is 29.3 Å². The van der Waals surface area contributed by atoms with E-state index in [0.29, 0.717) is 0 Å². The molecule has 0 radical (unpaired) electrons.